The summed E-state index contributed by atoms with van der Waals surface area (Å²) in [5.41, 5.74) is 1.60. The Bertz CT molecular complexity index is 454. The van der Waals surface area contributed by atoms with Gasteiger partial charge < -0.3 is 10.6 Å². The third-order valence-corrected chi connectivity index (χ3v) is 3.80. The molecule has 2 N–H and O–H groups in total. The van der Waals surface area contributed by atoms with E-state index in [-0.39, 0.29) is 0 Å². The van der Waals surface area contributed by atoms with Gasteiger partial charge in [-0.15, -0.1) is 0 Å². The highest BCUT2D eigenvalue weighted by Crippen LogP contribution is 2.20. The molecular weight excluding hydrogens is 260 g/mol. The Labute approximate surface area is 128 Å². The number of rotatable bonds is 8. The molecule has 1 aromatic heterocycles. The fourth-order valence-electron chi connectivity index (χ4n) is 2.50. The van der Waals surface area contributed by atoms with Gasteiger partial charge in [-0.2, -0.15) is 4.98 Å². The number of hydrogen-bond donors (Lipinski definition) is 2. The van der Waals surface area contributed by atoms with Gasteiger partial charge in [-0.3, -0.25) is 0 Å². The zero-order valence-corrected chi connectivity index (χ0v) is 13.4. The normalized spacial score (nSPS) is 14.9. The fourth-order valence-corrected chi connectivity index (χ4v) is 2.50. The van der Waals surface area contributed by atoms with Gasteiger partial charge in [0.2, 0.25) is 5.95 Å². The lowest BCUT2D eigenvalue weighted by molar-refractivity contribution is 0.606. The minimum Gasteiger partial charge on any atom is -0.370 e. The van der Waals surface area contributed by atoms with Gasteiger partial charge in [-0.1, -0.05) is 25.5 Å². The quantitative estimate of drug-likeness (QED) is 0.703. The van der Waals surface area contributed by atoms with Gasteiger partial charge in [0.1, 0.15) is 5.82 Å². The molecule has 4 heteroatoms. The molecule has 0 bridgehead atoms. The van der Waals surface area contributed by atoms with Crippen LogP contribution in [-0.2, 0) is 0 Å². The number of anilines is 2. The summed E-state index contributed by atoms with van der Waals surface area (Å²) in [6, 6.07) is 1.93. The molecule has 0 amide bonds. The van der Waals surface area contributed by atoms with Gasteiger partial charge in [0.15, 0.2) is 0 Å². The molecule has 0 saturated heterocycles. The number of aromatic nitrogens is 2. The summed E-state index contributed by atoms with van der Waals surface area (Å²) in [4.78, 5) is 8.76. The number of allylic oxidation sites excluding steroid dienone is 1. The minimum atomic E-state index is 0.697. The summed E-state index contributed by atoms with van der Waals surface area (Å²) in [6.07, 6.45) is 11.7. The van der Waals surface area contributed by atoms with Crippen molar-refractivity contribution in [3.8, 4) is 0 Å². The molecule has 116 valence electrons. The average Bonchev–Trinajstić information content (AvgIpc) is 2.48. The third kappa shape index (κ3) is 6.15. The molecule has 0 unspecified atom stereocenters. The van der Waals surface area contributed by atoms with Crippen LogP contribution in [0.3, 0.4) is 0 Å². The molecule has 1 aliphatic rings. The Hall–Kier alpha value is -1.58. The lowest BCUT2D eigenvalue weighted by atomic mass is 9.97. The molecule has 0 atom stereocenters. The lowest BCUT2D eigenvalue weighted by Gasteiger charge is -2.13. The minimum absolute atomic E-state index is 0.697. The van der Waals surface area contributed by atoms with E-state index in [0.717, 1.165) is 37.7 Å². The molecule has 2 rings (SSSR count). The summed E-state index contributed by atoms with van der Waals surface area (Å²) < 4.78 is 0. The monoisotopic (exact) mass is 288 g/mol. The van der Waals surface area contributed by atoms with Gasteiger partial charge in [-0.05, 0) is 50.5 Å². The first-order chi connectivity index (χ1) is 10.2. The second kappa shape index (κ2) is 8.65. The maximum absolute atomic E-state index is 4.50. The lowest BCUT2D eigenvalue weighted by Crippen LogP contribution is -2.10. The van der Waals surface area contributed by atoms with Crippen LogP contribution in [0.15, 0.2) is 23.9 Å². The van der Waals surface area contributed by atoms with Crippen LogP contribution in [0.25, 0.3) is 0 Å². The van der Waals surface area contributed by atoms with Crippen molar-refractivity contribution in [3.63, 3.8) is 0 Å². The summed E-state index contributed by atoms with van der Waals surface area (Å²) >= 11 is 0. The largest absolute Gasteiger partial charge is 0.370 e. The van der Waals surface area contributed by atoms with Crippen LogP contribution in [0.5, 0.6) is 0 Å². The summed E-state index contributed by atoms with van der Waals surface area (Å²) in [6.45, 7) is 6.32. The third-order valence-electron chi connectivity index (χ3n) is 3.80. The molecule has 0 aromatic carbocycles. The van der Waals surface area contributed by atoms with Crippen LogP contribution >= 0.6 is 0 Å². The van der Waals surface area contributed by atoms with E-state index in [4.69, 9.17) is 0 Å². The average molecular weight is 288 g/mol. The Kier molecular flexibility index (Phi) is 6.51. The molecule has 1 aliphatic carbocycles. The Morgan fingerprint density at radius 2 is 2.10 bits per heavy atom. The zero-order chi connectivity index (χ0) is 14.9. The number of hydrogen-bond acceptors (Lipinski definition) is 4. The summed E-state index contributed by atoms with van der Waals surface area (Å²) in [5.74, 6) is 2.33. The van der Waals surface area contributed by atoms with Crippen LogP contribution in [0.4, 0.5) is 11.8 Å². The molecule has 1 aromatic rings. The maximum Gasteiger partial charge on any atom is 0.224 e. The van der Waals surface area contributed by atoms with E-state index in [1.54, 1.807) is 5.57 Å². The predicted molar refractivity (Wildman–Crippen MR) is 89.6 cm³/mol. The van der Waals surface area contributed by atoms with Crippen LogP contribution in [-0.4, -0.2) is 23.1 Å². The molecule has 0 fully saturated rings. The van der Waals surface area contributed by atoms with Crippen molar-refractivity contribution in [2.45, 2.75) is 52.4 Å². The van der Waals surface area contributed by atoms with Gasteiger partial charge >= 0.3 is 0 Å². The topological polar surface area (TPSA) is 49.8 Å². The van der Waals surface area contributed by atoms with Crippen molar-refractivity contribution in [1.82, 2.24) is 9.97 Å². The Morgan fingerprint density at radius 1 is 1.19 bits per heavy atom. The van der Waals surface area contributed by atoms with Crippen LogP contribution < -0.4 is 10.6 Å². The van der Waals surface area contributed by atoms with E-state index in [9.17, 15) is 0 Å². The highest BCUT2D eigenvalue weighted by atomic mass is 15.1. The number of nitrogens with one attached hydrogen (secondary N) is 2. The molecule has 1 heterocycles. The van der Waals surface area contributed by atoms with E-state index in [2.05, 4.69) is 40.5 Å². The van der Waals surface area contributed by atoms with E-state index in [1.165, 1.54) is 25.7 Å². The Morgan fingerprint density at radius 3 is 2.86 bits per heavy atom. The van der Waals surface area contributed by atoms with E-state index in [0.29, 0.717) is 5.92 Å². The molecule has 0 aliphatic heterocycles. The van der Waals surface area contributed by atoms with Gasteiger partial charge in [0.25, 0.3) is 0 Å². The first-order valence-electron chi connectivity index (χ1n) is 8.23. The van der Waals surface area contributed by atoms with Crippen molar-refractivity contribution < 1.29 is 0 Å². The molecule has 0 radical (unpaired) electrons. The van der Waals surface area contributed by atoms with Crippen molar-refractivity contribution in [3.05, 3.63) is 23.9 Å². The van der Waals surface area contributed by atoms with Crippen molar-refractivity contribution in [1.29, 1.82) is 0 Å². The molecule has 4 nitrogen and oxygen atoms in total. The van der Waals surface area contributed by atoms with Gasteiger partial charge in [-0.25, -0.2) is 4.98 Å². The molecule has 21 heavy (non-hydrogen) atoms. The van der Waals surface area contributed by atoms with Crippen molar-refractivity contribution >= 4 is 11.8 Å². The van der Waals surface area contributed by atoms with E-state index < -0.39 is 0 Å². The first kappa shape index (κ1) is 15.8. The molecule has 0 saturated carbocycles. The highest BCUT2D eigenvalue weighted by Gasteiger charge is 2.04. The van der Waals surface area contributed by atoms with E-state index >= 15 is 0 Å². The second-order valence-electron chi connectivity index (χ2n) is 6.16. The Balaban J connectivity index is 1.73. The van der Waals surface area contributed by atoms with Gasteiger partial charge in [0, 0.05) is 19.3 Å². The molecular formula is C17H28N4. The second-order valence-corrected chi connectivity index (χ2v) is 6.16. The first-order valence-corrected chi connectivity index (χ1v) is 8.23. The standard InChI is InChI=1S/C17H28N4/c1-14(2)8-11-19-17-20-13-10-16(21-17)18-12-9-15-6-4-3-5-7-15/h6,10,13-14H,3-5,7-9,11-12H2,1-2H3,(H2,18,19,20,21). The van der Waals surface area contributed by atoms with Crippen LogP contribution in [0.1, 0.15) is 52.4 Å². The fraction of sp³-hybridized carbons (Fsp3) is 0.647. The maximum atomic E-state index is 4.50. The SMILES string of the molecule is CC(C)CCNc1nccc(NCCC2=CCCCC2)n1. The van der Waals surface area contributed by atoms with Crippen LogP contribution in [0, 0.1) is 5.92 Å². The van der Waals surface area contributed by atoms with Crippen molar-refractivity contribution in [2.75, 3.05) is 23.7 Å². The van der Waals surface area contributed by atoms with Gasteiger partial charge in [0.05, 0.1) is 0 Å². The molecule has 0 spiro atoms. The summed E-state index contributed by atoms with van der Waals surface area (Å²) in [5, 5.41) is 6.68. The zero-order valence-electron chi connectivity index (χ0n) is 13.4. The van der Waals surface area contributed by atoms with E-state index in [1.807, 2.05) is 12.3 Å². The smallest absolute Gasteiger partial charge is 0.224 e. The summed E-state index contributed by atoms with van der Waals surface area (Å²) in [7, 11) is 0. The van der Waals surface area contributed by atoms with Crippen molar-refractivity contribution in [2.24, 2.45) is 5.92 Å². The highest BCUT2D eigenvalue weighted by molar-refractivity contribution is 5.39. The number of nitrogens with zero attached hydrogens (tertiary/aromatic N) is 2. The predicted octanol–water partition coefficient (Wildman–Crippen LogP) is 4.24. The van der Waals surface area contributed by atoms with Crippen LogP contribution in [0.2, 0.25) is 0 Å².